The summed E-state index contributed by atoms with van der Waals surface area (Å²) in [4.78, 5) is 6.54. The Kier molecular flexibility index (Phi) is 4.46. The lowest BCUT2D eigenvalue weighted by Gasteiger charge is -2.34. The molecule has 0 radical (unpaired) electrons. The summed E-state index contributed by atoms with van der Waals surface area (Å²) in [6, 6.07) is 2.87. The maximum Gasteiger partial charge on any atom is 0.122 e. The first-order valence-corrected chi connectivity index (χ1v) is 7.30. The fourth-order valence-electron chi connectivity index (χ4n) is 2.81. The zero-order chi connectivity index (χ0) is 14.8. The summed E-state index contributed by atoms with van der Waals surface area (Å²) in [6.45, 7) is 5.71. The van der Waals surface area contributed by atoms with Gasteiger partial charge in [0.05, 0.1) is 12.6 Å². The Morgan fingerprint density at radius 1 is 1.60 bits per heavy atom. The van der Waals surface area contributed by atoms with Crippen molar-refractivity contribution in [2.24, 2.45) is 13.0 Å². The molecular weight excluding hydrogens is 250 g/mol. The van der Waals surface area contributed by atoms with Gasteiger partial charge in [-0.15, -0.1) is 0 Å². The number of nitrogens with one attached hydrogen (secondary N) is 1. The van der Waals surface area contributed by atoms with Gasteiger partial charge in [0.1, 0.15) is 11.4 Å². The fourth-order valence-corrected chi connectivity index (χ4v) is 2.81. The van der Waals surface area contributed by atoms with Gasteiger partial charge in [-0.3, -0.25) is 10.2 Å². The highest BCUT2D eigenvalue weighted by atomic mass is 15.2. The van der Waals surface area contributed by atoms with Gasteiger partial charge in [0, 0.05) is 32.0 Å². The quantitative estimate of drug-likeness (QED) is 0.820. The van der Waals surface area contributed by atoms with Crippen LogP contribution in [0.15, 0.2) is 12.4 Å². The zero-order valence-corrected chi connectivity index (χ0v) is 12.9. The number of nitriles is 1. The molecule has 0 amide bonds. The molecule has 5 heteroatoms. The molecule has 1 atom stereocenters. The molecule has 1 heterocycles. The Balaban J connectivity index is 2.04. The van der Waals surface area contributed by atoms with Crippen molar-refractivity contribution >= 4 is 0 Å². The van der Waals surface area contributed by atoms with Crippen molar-refractivity contribution in [2.45, 2.75) is 44.8 Å². The zero-order valence-electron chi connectivity index (χ0n) is 12.9. The molecule has 0 aromatic carbocycles. The number of hydrogen-bond donors (Lipinski definition) is 1. The first kappa shape index (κ1) is 15.0. The monoisotopic (exact) mass is 275 g/mol. The van der Waals surface area contributed by atoms with Crippen molar-refractivity contribution in [2.75, 3.05) is 13.6 Å². The molecule has 2 rings (SSSR count). The molecule has 0 saturated heterocycles. The van der Waals surface area contributed by atoms with Crippen LogP contribution in [0.4, 0.5) is 0 Å². The summed E-state index contributed by atoms with van der Waals surface area (Å²) in [6.07, 6.45) is 6.08. The van der Waals surface area contributed by atoms with Crippen LogP contribution in [0.1, 0.15) is 32.5 Å². The second-order valence-corrected chi connectivity index (χ2v) is 6.28. The number of aromatic nitrogens is 2. The SMILES string of the molecule is CC(C)NC(C#N)(CN(C)Cc1nccn1C)C1CC1. The Morgan fingerprint density at radius 2 is 2.30 bits per heavy atom. The molecule has 5 nitrogen and oxygen atoms in total. The summed E-state index contributed by atoms with van der Waals surface area (Å²) in [5.41, 5.74) is -0.423. The summed E-state index contributed by atoms with van der Waals surface area (Å²) >= 11 is 0. The number of nitrogens with zero attached hydrogens (tertiary/aromatic N) is 4. The van der Waals surface area contributed by atoms with Crippen molar-refractivity contribution < 1.29 is 0 Å². The van der Waals surface area contributed by atoms with Crippen LogP contribution in [0.25, 0.3) is 0 Å². The lowest BCUT2D eigenvalue weighted by Crippen LogP contribution is -2.56. The lowest BCUT2D eigenvalue weighted by molar-refractivity contribution is 0.208. The molecule has 1 aromatic heterocycles. The summed E-state index contributed by atoms with van der Waals surface area (Å²) < 4.78 is 2.03. The molecule has 110 valence electrons. The van der Waals surface area contributed by atoms with E-state index in [-0.39, 0.29) is 0 Å². The standard InChI is InChI=1S/C15H25N5/c1-12(2)18-15(10-16,13-5-6-13)11-19(3)9-14-17-7-8-20(14)4/h7-8,12-13,18H,5-6,9,11H2,1-4H3. The predicted molar refractivity (Wildman–Crippen MR) is 78.9 cm³/mol. The van der Waals surface area contributed by atoms with Crippen LogP contribution in [0.5, 0.6) is 0 Å². The van der Waals surface area contributed by atoms with Crippen LogP contribution >= 0.6 is 0 Å². The summed E-state index contributed by atoms with van der Waals surface area (Å²) in [5.74, 6) is 1.51. The summed E-state index contributed by atoms with van der Waals surface area (Å²) in [7, 11) is 4.06. The van der Waals surface area contributed by atoms with E-state index in [2.05, 4.69) is 42.2 Å². The molecular formula is C15H25N5. The molecule has 0 aliphatic heterocycles. The Morgan fingerprint density at radius 3 is 2.75 bits per heavy atom. The van der Waals surface area contributed by atoms with Gasteiger partial charge in [0.15, 0.2) is 0 Å². The van der Waals surface area contributed by atoms with Crippen molar-refractivity contribution in [3.63, 3.8) is 0 Å². The van der Waals surface area contributed by atoms with Crippen LogP contribution in [-0.2, 0) is 13.6 Å². The van der Waals surface area contributed by atoms with Crippen LogP contribution in [-0.4, -0.2) is 39.6 Å². The van der Waals surface area contributed by atoms with Gasteiger partial charge in [0.2, 0.25) is 0 Å². The van der Waals surface area contributed by atoms with Gasteiger partial charge in [-0.2, -0.15) is 5.26 Å². The molecule has 1 N–H and O–H groups in total. The highest BCUT2D eigenvalue weighted by molar-refractivity contribution is 5.17. The molecule has 0 spiro atoms. The first-order chi connectivity index (χ1) is 9.47. The van der Waals surface area contributed by atoms with Crippen LogP contribution in [0.2, 0.25) is 0 Å². The third-order valence-electron chi connectivity index (χ3n) is 3.87. The molecule has 1 aliphatic rings. The molecule has 1 fully saturated rings. The van der Waals surface area contributed by atoms with Gasteiger partial charge < -0.3 is 4.57 Å². The van der Waals surface area contributed by atoms with Gasteiger partial charge in [-0.05, 0) is 39.7 Å². The van der Waals surface area contributed by atoms with Crippen molar-refractivity contribution in [1.82, 2.24) is 19.8 Å². The molecule has 1 unspecified atom stereocenters. The second-order valence-electron chi connectivity index (χ2n) is 6.28. The minimum Gasteiger partial charge on any atom is -0.337 e. The second kappa shape index (κ2) is 5.94. The van der Waals surface area contributed by atoms with Gasteiger partial charge in [-0.25, -0.2) is 4.98 Å². The normalized spacial score (nSPS) is 18.2. The smallest absolute Gasteiger partial charge is 0.122 e. The molecule has 20 heavy (non-hydrogen) atoms. The molecule has 1 aliphatic carbocycles. The minimum atomic E-state index is -0.423. The number of imidazole rings is 1. The van der Waals surface area contributed by atoms with E-state index in [0.29, 0.717) is 12.0 Å². The third kappa shape index (κ3) is 3.38. The van der Waals surface area contributed by atoms with Crippen molar-refractivity contribution in [1.29, 1.82) is 5.26 Å². The van der Waals surface area contributed by atoms with E-state index in [9.17, 15) is 5.26 Å². The van der Waals surface area contributed by atoms with E-state index in [1.54, 1.807) is 0 Å². The number of likely N-dealkylation sites (N-methyl/N-ethyl adjacent to an activating group) is 1. The van der Waals surface area contributed by atoms with E-state index < -0.39 is 5.54 Å². The maximum absolute atomic E-state index is 9.71. The molecule has 1 aromatic rings. The van der Waals surface area contributed by atoms with Crippen LogP contribution in [0.3, 0.4) is 0 Å². The highest BCUT2D eigenvalue weighted by Gasteiger charge is 2.46. The Hall–Kier alpha value is -1.38. The van der Waals surface area contributed by atoms with Crippen LogP contribution < -0.4 is 5.32 Å². The van der Waals surface area contributed by atoms with Gasteiger partial charge in [-0.1, -0.05) is 0 Å². The van der Waals surface area contributed by atoms with Crippen molar-refractivity contribution in [3.05, 3.63) is 18.2 Å². The highest BCUT2D eigenvalue weighted by Crippen LogP contribution is 2.40. The fraction of sp³-hybridized carbons (Fsp3) is 0.733. The minimum absolute atomic E-state index is 0.316. The molecule has 1 saturated carbocycles. The van der Waals surface area contributed by atoms with E-state index in [1.807, 2.05) is 24.0 Å². The van der Waals surface area contributed by atoms with E-state index >= 15 is 0 Å². The Bertz CT molecular complexity index is 483. The number of rotatable bonds is 7. The van der Waals surface area contributed by atoms with E-state index in [1.165, 1.54) is 0 Å². The first-order valence-electron chi connectivity index (χ1n) is 7.30. The summed E-state index contributed by atoms with van der Waals surface area (Å²) in [5, 5.41) is 13.2. The predicted octanol–water partition coefficient (Wildman–Crippen LogP) is 1.52. The van der Waals surface area contributed by atoms with E-state index in [0.717, 1.165) is 31.8 Å². The number of hydrogen-bond acceptors (Lipinski definition) is 4. The van der Waals surface area contributed by atoms with Gasteiger partial charge in [0.25, 0.3) is 0 Å². The van der Waals surface area contributed by atoms with Crippen LogP contribution in [0, 0.1) is 17.2 Å². The maximum atomic E-state index is 9.71. The van der Waals surface area contributed by atoms with E-state index in [4.69, 9.17) is 0 Å². The topological polar surface area (TPSA) is 56.9 Å². The third-order valence-corrected chi connectivity index (χ3v) is 3.87. The Labute approximate surface area is 121 Å². The number of aryl methyl sites for hydroxylation is 1. The average Bonchev–Trinajstić information content (AvgIpc) is 3.15. The largest absolute Gasteiger partial charge is 0.337 e. The molecule has 0 bridgehead atoms. The lowest BCUT2D eigenvalue weighted by atomic mass is 9.93. The van der Waals surface area contributed by atoms with Gasteiger partial charge >= 0.3 is 0 Å². The average molecular weight is 275 g/mol. The van der Waals surface area contributed by atoms with Crippen molar-refractivity contribution in [3.8, 4) is 6.07 Å².